The number of hydrogen-bond donors (Lipinski definition) is 2. The Morgan fingerprint density at radius 3 is 2.29 bits per heavy atom. The summed E-state index contributed by atoms with van der Waals surface area (Å²) >= 11 is 1.69. The summed E-state index contributed by atoms with van der Waals surface area (Å²) in [6.45, 7) is 1.38. The number of ether oxygens (including phenoxy) is 1. The van der Waals surface area contributed by atoms with E-state index in [0.29, 0.717) is 13.1 Å². The van der Waals surface area contributed by atoms with Crippen molar-refractivity contribution >= 4 is 32.4 Å². The minimum Gasteiger partial charge on any atom is -0.375 e. The normalized spacial score (nSPS) is 9.57. The number of halogens is 1. The van der Waals surface area contributed by atoms with Crippen LogP contribution in [0.25, 0.3) is 0 Å². The predicted molar refractivity (Wildman–Crippen MR) is 61.5 cm³/mol. The Balaban J connectivity index is 3.13. The molecule has 0 heterocycles. The molecule has 0 unspecified atom stereocenters. The van der Waals surface area contributed by atoms with Gasteiger partial charge in [-0.05, 0) is 12.8 Å². The molecule has 5 nitrogen and oxygen atoms in total. The van der Waals surface area contributed by atoms with E-state index < -0.39 is 0 Å². The van der Waals surface area contributed by atoms with Gasteiger partial charge in [-0.25, -0.2) is 0 Å². The van der Waals surface area contributed by atoms with Crippen molar-refractivity contribution in [2.24, 2.45) is 0 Å². The number of rotatable bonds is 7. The second-order valence-electron chi connectivity index (χ2n) is 2.69. The molecule has 0 rings (SSSR count). The van der Waals surface area contributed by atoms with E-state index in [1.807, 2.05) is 0 Å². The second kappa shape index (κ2) is 9.20. The predicted octanol–water partition coefficient (Wildman–Crippen LogP) is 0.674. The molecule has 0 bridgehead atoms. The fraction of sp³-hybridized carbons (Fsp3) is 0.750. The third kappa shape index (κ3) is 9.72. The number of carbonyl (C=O) groups excluding carboxylic acids is 2. The largest absolute Gasteiger partial charge is 0.375 e. The van der Waals surface area contributed by atoms with E-state index in [4.69, 9.17) is 0 Å². The smallest absolute Gasteiger partial charge is 0.280 e. The standard InChI is InChI=1S/C8H15IN2O3/c1-14-6-7(12)10-4-2-3-5-11-8(9)13/h2-6H2,1H3,(H,10,12)(H,11,13). The monoisotopic (exact) mass is 314 g/mol. The Labute approximate surface area is 97.1 Å². The zero-order valence-corrected chi connectivity index (χ0v) is 10.3. The molecule has 82 valence electrons. The first kappa shape index (κ1) is 13.6. The first-order chi connectivity index (χ1) is 6.66. The first-order valence-electron chi connectivity index (χ1n) is 4.35. The van der Waals surface area contributed by atoms with Crippen LogP contribution in [-0.2, 0) is 9.53 Å². The van der Waals surface area contributed by atoms with Crippen LogP contribution >= 0.6 is 22.6 Å². The Bertz CT molecular complexity index is 187. The van der Waals surface area contributed by atoms with E-state index in [9.17, 15) is 9.59 Å². The fourth-order valence-electron chi connectivity index (χ4n) is 0.847. The number of nitrogens with one attached hydrogen (secondary N) is 2. The third-order valence-electron chi connectivity index (χ3n) is 1.47. The minimum atomic E-state index is -0.106. The molecule has 0 saturated carbocycles. The van der Waals surface area contributed by atoms with Gasteiger partial charge < -0.3 is 15.4 Å². The summed E-state index contributed by atoms with van der Waals surface area (Å²) in [6.07, 6.45) is 1.72. The molecule has 0 fully saturated rings. The third-order valence-corrected chi connectivity index (χ3v) is 1.85. The molecule has 6 heteroatoms. The van der Waals surface area contributed by atoms with Gasteiger partial charge in [0, 0.05) is 42.8 Å². The fourth-order valence-corrected chi connectivity index (χ4v) is 1.12. The quantitative estimate of drug-likeness (QED) is 0.314. The highest BCUT2D eigenvalue weighted by Crippen LogP contribution is 1.88. The van der Waals surface area contributed by atoms with Crippen molar-refractivity contribution in [3.05, 3.63) is 0 Å². The summed E-state index contributed by atoms with van der Waals surface area (Å²) in [4.78, 5) is 21.3. The van der Waals surface area contributed by atoms with Crippen molar-refractivity contribution in [1.82, 2.24) is 10.6 Å². The van der Waals surface area contributed by atoms with E-state index >= 15 is 0 Å². The highest BCUT2D eigenvalue weighted by molar-refractivity contribution is 14.1. The molecule has 0 saturated heterocycles. The topological polar surface area (TPSA) is 67.4 Å². The summed E-state index contributed by atoms with van der Waals surface area (Å²) in [6, 6.07) is 0. The molecule has 0 atom stereocenters. The number of hydrogen-bond acceptors (Lipinski definition) is 3. The number of carbonyl (C=O) groups is 2. The van der Waals surface area contributed by atoms with Gasteiger partial charge in [-0.3, -0.25) is 9.59 Å². The van der Waals surface area contributed by atoms with Gasteiger partial charge >= 0.3 is 0 Å². The Hall–Kier alpha value is -0.370. The molecule has 0 aliphatic rings. The molecule has 0 aliphatic carbocycles. The van der Waals surface area contributed by atoms with Crippen LogP contribution in [0.2, 0.25) is 0 Å². The Morgan fingerprint density at radius 2 is 1.79 bits per heavy atom. The van der Waals surface area contributed by atoms with Crippen molar-refractivity contribution in [3.8, 4) is 0 Å². The SMILES string of the molecule is COCC(=O)NCCCCNC(=O)I. The van der Waals surface area contributed by atoms with Crippen LogP contribution in [0.15, 0.2) is 0 Å². The van der Waals surface area contributed by atoms with Crippen molar-refractivity contribution in [1.29, 1.82) is 0 Å². The number of unbranched alkanes of at least 4 members (excludes halogenated alkanes) is 1. The average molecular weight is 314 g/mol. The zero-order chi connectivity index (χ0) is 10.8. The Kier molecular flexibility index (Phi) is 8.95. The van der Waals surface area contributed by atoms with Crippen molar-refractivity contribution in [3.63, 3.8) is 0 Å². The lowest BCUT2D eigenvalue weighted by Gasteiger charge is -2.04. The minimum absolute atomic E-state index is 0.0500. The Morgan fingerprint density at radius 1 is 1.21 bits per heavy atom. The summed E-state index contributed by atoms with van der Waals surface area (Å²) in [5.41, 5.74) is 0. The van der Waals surface area contributed by atoms with Gasteiger partial charge in [-0.2, -0.15) is 0 Å². The van der Waals surface area contributed by atoms with Gasteiger partial charge in [0.15, 0.2) is 0 Å². The molecule has 14 heavy (non-hydrogen) atoms. The van der Waals surface area contributed by atoms with E-state index in [-0.39, 0.29) is 16.4 Å². The second-order valence-corrected chi connectivity index (χ2v) is 3.67. The van der Waals surface area contributed by atoms with Crippen LogP contribution in [0.1, 0.15) is 12.8 Å². The molecular formula is C8H15IN2O3. The number of methoxy groups -OCH3 is 1. The molecule has 2 N–H and O–H groups in total. The zero-order valence-electron chi connectivity index (χ0n) is 8.14. The molecule has 0 aliphatic heterocycles. The maximum atomic E-state index is 10.9. The van der Waals surface area contributed by atoms with Crippen molar-refractivity contribution < 1.29 is 14.3 Å². The molecular weight excluding hydrogens is 299 g/mol. The highest BCUT2D eigenvalue weighted by atomic mass is 127. The van der Waals surface area contributed by atoms with Crippen LogP contribution in [0.4, 0.5) is 4.79 Å². The van der Waals surface area contributed by atoms with E-state index in [1.54, 1.807) is 22.6 Å². The molecule has 0 aromatic heterocycles. The molecule has 0 aromatic carbocycles. The van der Waals surface area contributed by atoms with Crippen LogP contribution < -0.4 is 10.6 Å². The lowest BCUT2D eigenvalue weighted by Crippen LogP contribution is -2.28. The van der Waals surface area contributed by atoms with Gasteiger partial charge in [0.2, 0.25) is 5.91 Å². The van der Waals surface area contributed by atoms with E-state index in [1.165, 1.54) is 7.11 Å². The van der Waals surface area contributed by atoms with Gasteiger partial charge in [-0.1, -0.05) is 0 Å². The maximum absolute atomic E-state index is 10.9. The molecule has 0 aromatic rings. The molecule has 2 amide bonds. The summed E-state index contributed by atoms with van der Waals surface area (Å²) in [7, 11) is 1.48. The molecule has 0 radical (unpaired) electrons. The van der Waals surface area contributed by atoms with Crippen LogP contribution in [0, 0.1) is 0 Å². The van der Waals surface area contributed by atoms with Crippen LogP contribution in [-0.4, -0.2) is 36.6 Å². The summed E-state index contributed by atoms with van der Waals surface area (Å²) in [5, 5.41) is 5.36. The molecule has 0 spiro atoms. The van der Waals surface area contributed by atoms with Crippen molar-refractivity contribution in [2.75, 3.05) is 26.8 Å². The van der Waals surface area contributed by atoms with Gasteiger partial charge in [0.1, 0.15) is 6.61 Å². The van der Waals surface area contributed by atoms with E-state index in [0.717, 1.165) is 12.8 Å². The van der Waals surface area contributed by atoms with Crippen LogP contribution in [0.3, 0.4) is 0 Å². The van der Waals surface area contributed by atoms with E-state index in [2.05, 4.69) is 15.4 Å². The van der Waals surface area contributed by atoms with Gasteiger partial charge in [-0.15, -0.1) is 0 Å². The van der Waals surface area contributed by atoms with Gasteiger partial charge in [0.05, 0.1) is 0 Å². The van der Waals surface area contributed by atoms with Gasteiger partial charge in [0.25, 0.3) is 3.91 Å². The lowest BCUT2D eigenvalue weighted by molar-refractivity contribution is -0.124. The highest BCUT2D eigenvalue weighted by Gasteiger charge is 1.98. The number of amides is 2. The summed E-state index contributed by atoms with van der Waals surface area (Å²) in [5.74, 6) is -0.106. The summed E-state index contributed by atoms with van der Waals surface area (Å²) < 4.78 is 4.59. The first-order valence-corrected chi connectivity index (χ1v) is 5.43. The lowest BCUT2D eigenvalue weighted by atomic mass is 10.3. The average Bonchev–Trinajstić information content (AvgIpc) is 2.11. The van der Waals surface area contributed by atoms with Crippen LogP contribution in [0.5, 0.6) is 0 Å². The maximum Gasteiger partial charge on any atom is 0.280 e. The van der Waals surface area contributed by atoms with Crippen molar-refractivity contribution in [2.45, 2.75) is 12.8 Å².